The highest BCUT2D eigenvalue weighted by molar-refractivity contribution is 5.86. The summed E-state index contributed by atoms with van der Waals surface area (Å²) in [4.78, 5) is 14.8. The molecule has 0 fully saturated rings. The van der Waals surface area contributed by atoms with Crippen LogP contribution in [0.5, 0.6) is 0 Å². The van der Waals surface area contributed by atoms with Crippen LogP contribution in [-0.2, 0) is 20.1 Å². The van der Waals surface area contributed by atoms with E-state index >= 15 is 0 Å². The van der Waals surface area contributed by atoms with Gasteiger partial charge in [-0.1, -0.05) is 5.21 Å². The number of carboxylic acids is 1. The SMILES string of the molecule is Cn1cncc1Cn1nnc(C(=O)O)c1CN. The van der Waals surface area contributed by atoms with Crippen LogP contribution in [-0.4, -0.2) is 35.6 Å². The van der Waals surface area contributed by atoms with E-state index in [-0.39, 0.29) is 12.2 Å². The Morgan fingerprint density at radius 3 is 2.88 bits per heavy atom. The summed E-state index contributed by atoms with van der Waals surface area (Å²) in [7, 11) is 1.85. The number of hydrogen-bond donors (Lipinski definition) is 2. The Hall–Kier alpha value is -2.22. The number of carbonyl (C=O) groups is 1. The second-order valence-electron chi connectivity index (χ2n) is 3.55. The average Bonchev–Trinajstić information content (AvgIpc) is 2.86. The molecule has 8 heteroatoms. The second kappa shape index (κ2) is 4.34. The van der Waals surface area contributed by atoms with Gasteiger partial charge in [0.05, 0.1) is 30.5 Å². The van der Waals surface area contributed by atoms with Crippen molar-refractivity contribution in [1.29, 1.82) is 0 Å². The Kier molecular flexibility index (Phi) is 2.88. The largest absolute Gasteiger partial charge is 0.476 e. The van der Waals surface area contributed by atoms with Crippen molar-refractivity contribution in [2.24, 2.45) is 12.8 Å². The van der Waals surface area contributed by atoms with Gasteiger partial charge in [-0.15, -0.1) is 5.10 Å². The molecular formula is C9H12N6O2. The molecular weight excluding hydrogens is 224 g/mol. The first-order chi connectivity index (χ1) is 8.13. The maximum atomic E-state index is 10.9. The predicted molar refractivity (Wildman–Crippen MR) is 57.2 cm³/mol. The van der Waals surface area contributed by atoms with E-state index in [0.717, 1.165) is 5.69 Å². The lowest BCUT2D eigenvalue weighted by Crippen LogP contribution is -2.14. The third kappa shape index (κ3) is 2.02. The summed E-state index contributed by atoms with van der Waals surface area (Å²) in [6.07, 6.45) is 3.34. The van der Waals surface area contributed by atoms with Crippen LogP contribution in [0.15, 0.2) is 12.5 Å². The average molecular weight is 236 g/mol. The van der Waals surface area contributed by atoms with Crippen molar-refractivity contribution in [2.75, 3.05) is 0 Å². The Morgan fingerprint density at radius 2 is 2.35 bits per heavy atom. The fraction of sp³-hybridized carbons (Fsp3) is 0.333. The Morgan fingerprint density at radius 1 is 1.59 bits per heavy atom. The fourth-order valence-electron chi connectivity index (χ4n) is 1.52. The van der Waals surface area contributed by atoms with Gasteiger partial charge in [0.1, 0.15) is 0 Å². The molecule has 0 amide bonds. The number of nitrogens with two attached hydrogens (primary N) is 1. The molecule has 2 aromatic heterocycles. The topological polar surface area (TPSA) is 112 Å². The van der Waals surface area contributed by atoms with Gasteiger partial charge in [0, 0.05) is 13.6 Å². The van der Waals surface area contributed by atoms with E-state index in [0.29, 0.717) is 12.2 Å². The number of imidazole rings is 1. The number of aromatic nitrogens is 5. The molecule has 0 saturated carbocycles. The molecule has 0 saturated heterocycles. The van der Waals surface area contributed by atoms with Gasteiger partial charge in [-0.3, -0.25) is 0 Å². The molecule has 0 atom stereocenters. The zero-order valence-electron chi connectivity index (χ0n) is 9.24. The maximum Gasteiger partial charge on any atom is 0.358 e. The van der Waals surface area contributed by atoms with Crippen molar-refractivity contribution in [1.82, 2.24) is 24.5 Å². The van der Waals surface area contributed by atoms with E-state index in [4.69, 9.17) is 10.8 Å². The molecule has 2 aromatic rings. The van der Waals surface area contributed by atoms with E-state index in [9.17, 15) is 4.79 Å². The molecule has 0 aliphatic carbocycles. The van der Waals surface area contributed by atoms with Crippen LogP contribution in [0.3, 0.4) is 0 Å². The number of rotatable bonds is 4. The minimum atomic E-state index is -1.12. The van der Waals surface area contributed by atoms with Crippen molar-refractivity contribution >= 4 is 5.97 Å². The monoisotopic (exact) mass is 236 g/mol. The third-order valence-electron chi connectivity index (χ3n) is 2.46. The molecule has 2 rings (SSSR count). The summed E-state index contributed by atoms with van der Waals surface area (Å²) in [5.74, 6) is -1.12. The minimum Gasteiger partial charge on any atom is -0.476 e. The van der Waals surface area contributed by atoms with Crippen molar-refractivity contribution in [3.63, 3.8) is 0 Å². The summed E-state index contributed by atoms with van der Waals surface area (Å²) in [5.41, 5.74) is 6.70. The van der Waals surface area contributed by atoms with Gasteiger partial charge in [0.25, 0.3) is 0 Å². The highest BCUT2D eigenvalue weighted by Gasteiger charge is 2.18. The smallest absolute Gasteiger partial charge is 0.358 e. The lowest BCUT2D eigenvalue weighted by Gasteiger charge is -2.05. The molecule has 0 aromatic carbocycles. The Bertz CT molecular complexity index is 543. The zero-order valence-corrected chi connectivity index (χ0v) is 9.24. The molecule has 3 N–H and O–H groups in total. The van der Waals surface area contributed by atoms with Crippen LogP contribution in [0.25, 0.3) is 0 Å². The van der Waals surface area contributed by atoms with E-state index in [2.05, 4.69) is 15.3 Å². The van der Waals surface area contributed by atoms with Crippen molar-refractivity contribution in [3.8, 4) is 0 Å². The minimum absolute atomic E-state index is 0.0759. The number of hydrogen-bond acceptors (Lipinski definition) is 5. The summed E-state index contributed by atoms with van der Waals surface area (Å²) in [6, 6.07) is 0. The lowest BCUT2D eigenvalue weighted by molar-refractivity contribution is 0.0689. The lowest BCUT2D eigenvalue weighted by atomic mass is 10.3. The molecule has 0 aliphatic heterocycles. The van der Waals surface area contributed by atoms with Gasteiger partial charge in [0.15, 0.2) is 5.69 Å². The number of nitrogens with zero attached hydrogens (tertiary/aromatic N) is 5. The van der Waals surface area contributed by atoms with Crippen molar-refractivity contribution in [2.45, 2.75) is 13.1 Å². The normalized spacial score (nSPS) is 10.7. The first-order valence-corrected chi connectivity index (χ1v) is 4.94. The van der Waals surface area contributed by atoms with Gasteiger partial charge in [0.2, 0.25) is 0 Å². The van der Waals surface area contributed by atoms with Crippen molar-refractivity contribution in [3.05, 3.63) is 29.6 Å². The maximum absolute atomic E-state index is 10.9. The molecule has 0 radical (unpaired) electrons. The summed E-state index contributed by atoms with van der Waals surface area (Å²) >= 11 is 0. The predicted octanol–water partition coefficient (Wildman–Crippen LogP) is -0.783. The number of aryl methyl sites for hydroxylation is 1. The standard InChI is InChI=1S/C9H12N6O2/c1-14-5-11-3-6(14)4-15-7(2-10)8(9(16)17)12-13-15/h3,5H,2,4,10H2,1H3,(H,16,17). The van der Waals surface area contributed by atoms with Crippen molar-refractivity contribution < 1.29 is 9.90 Å². The number of carboxylic acid groups (broad SMARTS) is 1. The van der Waals surface area contributed by atoms with Gasteiger partial charge in [-0.25, -0.2) is 14.5 Å². The fourth-order valence-corrected chi connectivity index (χ4v) is 1.52. The molecule has 2 heterocycles. The third-order valence-corrected chi connectivity index (χ3v) is 2.46. The highest BCUT2D eigenvalue weighted by atomic mass is 16.4. The first kappa shape index (κ1) is 11.3. The summed E-state index contributed by atoms with van der Waals surface area (Å²) < 4.78 is 3.29. The van der Waals surface area contributed by atoms with Gasteiger partial charge in [-0.2, -0.15) is 0 Å². The molecule has 0 bridgehead atoms. The van der Waals surface area contributed by atoms with Crippen LogP contribution in [0.1, 0.15) is 21.9 Å². The van der Waals surface area contributed by atoms with Crippen LogP contribution >= 0.6 is 0 Å². The molecule has 0 aliphatic rings. The van der Waals surface area contributed by atoms with Crippen LogP contribution in [0.4, 0.5) is 0 Å². The van der Waals surface area contributed by atoms with Gasteiger partial charge < -0.3 is 15.4 Å². The summed E-state index contributed by atoms with van der Waals surface area (Å²) in [5, 5.41) is 16.3. The van der Waals surface area contributed by atoms with E-state index in [1.54, 1.807) is 12.5 Å². The van der Waals surface area contributed by atoms with Crippen LogP contribution in [0, 0.1) is 0 Å². The van der Waals surface area contributed by atoms with Gasteiger partial charge in [-0.05, 0) is 0 Å². The first-order valence-electron chi connectivity index (χ1n) is 4.94. The Labute approximate surface area is 96.7 Å². The molecule has 0 unspecified atom stereocenters. The van der Waals surface area contributed by atoms with E-state index in [1.165, 1.54) is 4.68 Å². The second-order valence-corrected chi connectivity index (χ2v) is 3.55. The highest BCUT2D eigenvalue weighted by Crippen LogP contribution is 2.07. The van der Waals surface area contributed by atoms with Gasteiger partial charge >= 0.3 is 5.97 Å². The number of aromatic carboxylic acids is 1. The zero-order chi connectivity index (χ0) is 12.4. The quantitative estimate of drug-likeness (QED) is 0.720. The molecule has 90 valence electrons. The summed E-state index contributed by atoms with van der Waals surface area (Å²) in [6.45, 7) is 0.468. The van der Waals surface area contributed by atoms with Crippen LogP contribution < -0.4 is 5.73 Å². The molecule has 8 nitrogen and oxygen atoms in total. The molecule has 0 spiro atoms. The Balaban J connectivity index is 2.34. The van der Waals surface area contributed by atoms with Crippen LogP contribution in [0.2, 0.25) is 0 Å². The van der Waals surface area contributed by atoms with E-state index < -0.39 is 5.97 Å². The molecule has 17 heavy (non-hydrogen) atoms. The van der Waals surface area contributed by atoms with E-state index in [1.807, 2.05) is 11.6 Å².